The molecule has 1 saturated carbocycles. The highest BCUT2D eigenvalue weighted by molar-refractivity contribution is 4.86. The van der Waals surface area contributed by atoms with Gasteiger partial charge >= 0.3 is 6.18 Å². The molecule has 2 N–H and O–H groups in total. The van der Waals surface area contributed by atoms with Crippen LogP contribution in [0.3, 0.4) is 0 Å². The predicted molar refractivity (Wildman–Crippen MR) is 51.6 cm³/mol. The summed E-state index contributed by atoms with van der Waals surface area (Å²) in [6, 6.07) is 0.132. The van der Waals surface area contributed by atoms with Crippen molar-refractivity contribution in [3.8, 4) is 0 Å². The second-order valence-corrected chi connectivity index (χ2v) is 4.49. The van der Waals surface area contributed by atoms with Gasteiger partial charge in [0, 0.05) is 12.6 Å². The Labute approximate surface area is 87.9 Å². The SMILES string of the molecule is CC(O)(CNC1CCCCC1)C(F)(F)F. The highest BCUT2D eigenvalue weighted by atomic mass is 19.4. The molecule has 1 fully saturated rings. The molecule has 0 aromatic carbocycles. The van der Waals surface area contributed by atoms with Crippen LogP contribution in [-0.2, 0) is 0 Å². The Balaban J connectivity index is 2.35. The van der Waals surface area contributed by atoms with E-state index in [1.807, 2.05) is 0 Å². The van der Waals surface area contributed by atoms with Crippen molar-refractivity contribution in [1.29, 1.82) is 0 Å². The lowest BCUT2D eigenvalue weighted by Gasteiger charge is -2.30. The van der Waals surface area contributed by atoms with Gasteiger partial charge in [-0.25, -0.2) is 0 Å². The Morgan fingerprint density at radius 2 is 1.73 bits per heavy atom. The van der Waals surface area contributed by atoms with Gasteiger partial charge in [0.15, 0.2) is 5.60 Å². The summed E-state index contributed by atoms with van der Waals surface area (Å²) in [7, 11) is 0. The Morgan fingerprint density at radius 3 is 2.20 bits per heavy atom. The molecule has 1 rings (SSSR count). The molecular weight excluding hydrogens is 207 g/mol. The predicted octanol–water partition coefficient (Wildman–Crippen LogP) is 2.22. The Kier molecular flexibility index (Phi) is 4.00. The van der Waals surface area contributed by atoms with E-state index in [1.54, 1.807) is 0 Å². The molecule has 1 unspecified atom stereocenters. The first-order valence-corrected chi connectivity index (χ1v) is 5.35. The van der Waals surface area contributed by atoms with Gasteiger partial charge in [0.2, 0.25) is 0 Å². The molecule has 0 aliphatic heterocycles. The van der Waals surface area contributed by atoms with Gasteiger partial charge in [0.1, 0.15) is 0 Å². The fourth-order valence-electron chi connectivity index (χ4n) is 1.75. The molecule has 2 nitrogen and oxygen atoms in total. The highest BCUT2D eigenvalue weighted by Crippen LogP contribution is 2.29. The van der Waals surface area contributed by atoms with Crippen molar-refractivity contribution < 1.29 is 18.3 Å². The zero-order valence-corrected chi connectivity index (χ0v) is 8.90. The zero-order valence-electron chi connectivity index (χ0n) is 8.90. The van der Waals surface area contributed by atoms with E-state index in [0.717, 1.165) is 39.0 Å². The minimum atomic E-state index is -4.56. The van der Waals surface area contributed by atoms with Crippen LogP contribution in [-0.4, -0.2) is 29.5 Å². The Hall–Kier alpha value is -0.290. The van der Waals surface area contributed by atoms with Crippen molar-refractivity contribution in [2.75, 3.05) is 6.54 Å². The third kappa shape index (κ3) is 3.65. The first kappa shape index (κ1) is 12.8. The van der Waals surface area contributed by atoms with E-state index < -0.39 is 18.3 Å². The molecule has 1 aliphatic rings. The molecule has 90 valence electrons. The van der Waals surface area contributed by atoms with Gasteiger partial charge in [-0.15, -0.1) is 0 Å². The van der Waals surface area contributed by atoms with E-state index >= 15 is 0 Å². The van der Waals surface area contributed by atoms with E-state index in [2.05, 4.69) is 5.32 Å². The monoisotopic (exact) mass is 225 g/mol. The molecule has 0 bridgehead atoms. The first-order chi connectivity index (χ1) is 6.83. The molecule has 0 saturated heterocycles. The van der Waals surface area contributed by atoms with Gasteiger partial charge in [-0.05, 0) is 19.8 Å². The number of hydrogen-bond donors (Lipinski definition) is 2. The average molecular weight is 225 g/mol. The van der Waals surface area contributed by atoms with Gasteiger partial charge in [-0.1, -0.05) is 19.3 Å². The van der Waals surface area contributed by atoms with Gasteiger partial charge in [0.05, 0.1) is 0 Å². The molecule has 5 heteroatoms. The number of rotatable bonds is 3. The summed E-state index contributed by atoms with van der Waals surface area (Å²) in [6.45, 7) is 0.393. The zero-order chi connectivity index (χ0) is 11.5. The largest absolute Gasteiger partial charge is 0.418 e. The quantitative estimate of drug-likeness (QED) is 0.772. The molecule has 1 atom stereocenters. The van der Waals surface area contributed by atoms with Crippen molar-refractivity contribution in [2.24, 2.45) is 0 Å². The molecule has 15 heavy (non-hydrogen) atoms. The Morgan fingerprint density at radius 1 is 1.20 bits per heavy atom. The lowest BCUT2D eigenvalue weighted by Crippen LogP contribution is -2.52. The second-order valence-electron chi connectivity index (χ2n) is 4.49. The molecule has 0 radical (unpaired) electrons. The maximum Gasteiger partial charge on any atom is 0.418 e. The lowest BCUT2D eigenvalue weighted by molar-refractivity contribution is -0.250. The molecule has 0 aromatic rings. The molecular formula is C10H18F3NO. The fourth-order valence-corrected chi connectivity index (χ4v) is 1.75. The molecule has 0 amide bonds. The van der Waals surface area contributed by atoms with Crippen LogP contribution in [0.15, 0.2) is 0 Å². The van der Waals surface area contributed by atoms with Crippen LogP contribution >= 0.6 is 0 Å². The van der Waals surface area contributed by atoms with Crippen LogP contribution in [0.5, 0.6) is 0 Å². The number of hydrogen-bond acceptors (Lipinski definition) is 2. The maximum atomic E-state index is 12.3. The third-order valence-electron chi connectivity index (χ3n) is 2.95. The molecule has 1 aliphatic carbocycles. The van der Waals surface area contributed by atoms with E-state index in [4.69, 9.17) is 0 Å². The standard InChI is InChI=1S/C10H18F3NO/c1-9(15,10(11,12)13)7-14-8-5-3-2-4-6-8/h8,14-15H,2-7H2,1H3. The van der Waals surface area contributed by atoms with Gasteiger partial charge in [-0.2, -0.15) is 13.2 Å². The first-order valence-electron chi connectivity index (χ1n) is 5.35. The Bertz CT molecular complexity index is 197. The molecule has 0 spiro atoms. The molecule has 0 heterocycles. The van der Waals surface area contributed by atoms with E-state index in [0.29, 0.717) is 0 Å². The van der Waals surface area contributed by atoms with Crippen molar-refractivity contribution >= 4 is 0 Å². The van der Waals surface area contributed by atoms with Gasteiger partial charge in [0.25, 0.3) is 0 Å². The van der Waals surface area contributed by atoms with Crippen molar-refractivity contribution in [2.45, 2.75) is 56.8 Å². The highest BCUT2D eigenvalue weighted by Gasteiger charge is 2.49. The van der Waals surface area contributed by atoms with Crippen LogP contribution in [0.1, 0.15) is 39.0 Å². The van der Waals surface area contributed by atoms with Crippen LogP contribution in [0.4, 0.5) is 13.2 Å². The van der Waals surface area contributed by atoms with Crippen molar-refractivity contribution in [3.05, 3.63) is 0 Å². The van der Waals surface area contributed by atoms with Crippen molar-refractivity contribution in [1.82, 2.24) is 5.32 Å². The van der Waals surface area contributed by atoms with Crippen LogP contribution in [0.25, 0.3) is 0 Å². The lowest BCUT2D eigenvalue weighted by atomic mass is 9.94. The third-order valence-corrected chi connectivity index (χ3v) is 2.95. The van der Waals surface area contributed by atoms with Gasteiger partial charge < -0.3 is 10.4 Å². The summed E-state index contributed by atoms with van der Waals surface area (Å²) in [5.74, 6) is 0. The fraction of sp³-hybridized carbons (Fsp3) is 1.00. The topological polar surface area (TPSA) is 32.3 Å². The normalized spacial score (nSPS) is 23.8. The number of halogens is 3. The van der Waals surface area contributed by atoms with E-state index in [-0.39, 0.29) is 6.04 Å². The minimum Gasteiger partial charge on any atom is -0.380 e. The number of nitrogens with one attached hydrogen (secondary N) is 1. The summed E-state index contributed by atoms with van der Waals surface area (Å²) in [5, 5.41) is 12.0. The van der Waals surface area contributed by atoms with Crippen LogP contribution < -0.4 is 5.32 Å². The van der Waals surface area contributed by atoms with Crippen LogP contribution in [0.2, 0.25) is 0 Å². The average Bonchev–Trinajstić information content (AvgIpc) is 2.15. The summed E-state index contributed by atoms with van der Waals surface area (Å²) >= 11 is 0. The summed E-state index contributed by atoms with van der Waals surface area (Å²) in [4.78, 5) is 0. The van der Waals surface area contributed by atoms with E-state index in [1.165, 1.54) is 0 Å². The summed E-state index contributed by atoms with van der Waals surface area (Å²) in [6.07, 6.45) is 0.544. The van der Waals surface area contributed by atoms with Crippen molar-refractivity contribution in [3.63, 3.8) is 0 Å². The number of aliphatic hydroxyl groups is 1. The summed E-state index contributed by atoms with van der Waals surface area (Å²) < 4.78 is 36.9. The van der Waals surface area contributed by atoms with E-state index in [9.17, 15) is 18.3 Å². The second kappa shape index (κ2) is 4.70. The summed E-state index contributed by atoms with van der Waals surface area (Å²) in [5.41, 5.74) is -2.62. The minimum absolute atomic E-state index is 0.132. The molecule has 0 aromatic heterocycles. The number of alkyl halides is 3. The maximum absolute atomic E-state index is 12.3. The smallest absolute Gasteiger partial charge is 0.380 e. The van der Waals surface area contributed by atoms with Gasteiger partial charge in [-0.3, -0.25) is 0 Å². The van der Waals surface area contributed by atoms with Crippen LogP contribution in [0, 0.1) is 0 Å².